The van der Waals surface area contributed by atoms with Gasteiger partial charge in [0.2, 0.25) is 10.0 Å². The van der Waals surface area contributed by atoms with E-state index in [9.17, 15) is 23.1 Å². The number of halogens is 1. The zero-order valence-electron chi connectivity index (χ0n) is 16.1. The average molecular weight is 504 g/mol. The standard InChI is InChI=1S/C22H18BrNO6S/c23-17-8-4-7-16(11-17)21(26)14-30-22(27)19-12-18(9-10-20(19)25)31(28,29)24-13-15-5-2-1-3-6-15/h1-12,24-25H,13-14H2. The lowest BCUT2D eigenvalue weighted by Gasteiger charge is -2.10. The molecule has 2 N–H and O–H groups in total. The molecule has 0 saturated carbocycles. The van der Waals surface area contributed by atoms with E-state index >= 15 is 0 Å². The Labute approximate surface area is 187 Å². The number of ether oxygens (including phenoxy) is 1. The number of esters is 1. The number of benzene rings is 3. The third-order valence-electron chi connectivity index (χ3n) is 4.29. The topological polar surface area (TPSA) is 110 Å². The second kappa shape index (κ2) is 9.86. The molecule has 3 aromatic carbocycles. The first-order valence-corrected chi connectivity index (χ1v) is 11.4. The summed E-state index contributed by atoms with van der Waals surface area (Å²) < 4.78 is 33.3. The summed E-state index contributed by atoms with van der Waals surface area (Å²) >= 11 is 3.25. The molecule has 160 valence electrons. The molecule has 0 bridgehead atoms. The van der Waals surface area contributed by atoms with Gasteiger partial charge < -0.3 is 9.84 Å². The van der Waals surface area contributed by atoms with Crippen LogP contribution in [0.1, 0.15) is 26.3 Å². The van der Waals surface area contributed by atoms with Gasteiger partial charge in [-0.2, -0.15) is 0 Å². The molecular weight excluding hydrogens is 486 g/mol. The van der Waals surface area contributed by atoms with Crippen LogP contribution >= 0.6 is 15.9 Å². The first kappa shape index (κ1) is 22.7. The molecule has 3 rings (SSSR count). The Kier molecular flexibility index (Phi) is 7.21. The van der Waals surface area contributed by atoms with Gasteiger partial charge in [-0.15, -0.1) is 0 Å². The number of phenolic OH excluding ortho intramolecular Hbond substituents is 1. The van der Waals surface area contributed by atoms with Gasteiger partial charge in [-0.25, -0.2) is 17.9 Å². The van der Waals surface area contributed by atoms with Crippen LogP contribution in [0.25, 0.3) is 0 Å². The number of carbonyl (C=O) groups is 2. The Balaban J connectivity index is 1.70. The number of sulfonamides is 1. The Bertz CT molecular complexity index is 1210. The monoisotopic (exact) mass is 503 g/mol. The van der Waals surface area contributed by atoms with Crippen molar-refractivity contribution in [2.45, 2.75) is 11.4 Å². The summed E-state index contributed by atoms with van der Waals surface area (Å²) in [7, 11) is -3.95. The van der Waals surface area contributed by atoms with Gasteiger partial charge in [0.05, 0.1) is 4.90 Å². The molecule has 0 amide bonds. The van der Waals surface area contributed by atoms with Crippen molar-refractivity contribution in [2.24, 2.45) is 0 Å². The van der Waals surface area contributed by atoms with Gasteiger partial charge in [0, 0.05) is 16.6 Å². The van der Waals surface area contributed by atoms with Gasteiger partial charge in [-0.05, 0) is 35.9 Å². The third-order valence-corrected chi connectivity index (χ3v) is 6.18. The second-order valence-electron chi connectivity index (χ2n) is 6.50. The zero-order chi connectivity index (χ0) is 22.4. The molecule has 0 aliphatic rings. The number of nitrogens with one attached hydrogen (secondary N) is 1. The summed E-state index contributed by atoms with van der Waals surface area (Å²) in [5, 5.41) is 9.99. The van der Waals surface area contributed by atoms with Crippen LogP contribution < -0.4 is 4.72 Å². The highest BCUT2D eigenvalue weighted by molar-refractivity contribution is 9.10. The first-order valence-electron chi connectivity index (χ1n) is 9.09. The van der Waals surface area contributed by atoms with Crippen molar-refractivity contribution >= 4 is 37.7 Å². The van der Waals surface area contributed by atoms with Crippen molar-refractivity contribution in [3.8, 4) is 5.75 Å². The highest BCUT2D eigenvalue weighted by atomic mass is 79.9. The number of phenols is 1. The number of rotatable bonds is 8. The molecule has 7 nitrogen and oxygen atoms in total. The fourth-order valence-electron chi connectivity index (χ4n) is 2.66. The lowest BCUT2D eigenvalue weighted by Crippen LogP contribution is -2.23. The van der Waals surface area contributed by atoms with E-state index in [0.29, 0.717) is 10.0 Å². The Morgan fingerprint density at radius 1 is 0.968 bits per heavy atom. The maximum absolute atomic E-state index is 12.6. The lowest BCUT2D eigenvalue weighted by atomic mass is 10.1. The second-order valence-corrected chi connectivity index (χ2v) is 9.18. The maximum atomic E-state index is 12.6. The van der Waals surface area contributed by atoms with E-state index in [4.69, 9.17) is 4.74 Å². The van der Waals surface area contributed by atoms with Crippen LogP contribution in [0.15, 0.2) is 82.2 Å². The van der Waals surface area contributed by atoms with Crippen molar-refractivity contribution in [1.82, 2.24) is 4.72 Å². The first-order chi connectivity index (χ1) is 14.8. The van der Waals surface area contributed by atoms with E-state index in [1.165, 1.54) is 6.07 Å². The molecule has 0 spiro atoms. The summed E-state index contributed by atoms with van der Waals surface area (Å²) in [4.78, 5) is 24.3. The van der Waals surface area contributed by atoms with E-state index in [0.717, 1.165) is 17.7 Å². The van der Waals surface area contributed by atoms with Crippen LogP contribution in [-0.2, 0) is 21.3 Å². The van der Waals surface area contributed by atoms with Gasteiger partial charge in [-0.1, -0.05) is 58.4 Å². The van der Waals surface area contributed by atoms with Gasteiger partial charge in [-0.3, -0.25) is 4.79 Å². The van der Waals surface area contributed by atoms with Crippen molar-refractivity contribution in [1.29, 1.82) is 0 Å². The maximum Gasteiger partial charge on any atom is 0.342 e. The fourth-order valence-corrected chi connectivity index (χ4v) is 4.10. The van der Waals surface area contributed by atoms with E-state index in [1.807, 2.05) is 6.07 Å². The Morgan fingerprint density at radius 2 is 1.71 bits per heavy atom. The van der Waals surface area contributed by atoms with Gasteiger partial charge in [0.15, 0.2) is 12.4 Å². The van der Waals surface area contributed by atoms with Crippen molar-refractivity contribution < 1.29 is 27.9 Å². The molecule has 0 aliphatic heterocycles. The molecule has 0 unspecified atom stereocenters. The number of hydrogen-bond donors (Lipinski definition) is 2. The van der Waals surface area contributed by atoms with Gasteiger partial charge in [0.1, 0.15) is 11.3 Å². The predicted octanol–water partition coefficient (Wildman–Crippen LogP) is 3.67. The Morgan fingerprint density at radius 3 is 2.42 bits per heavy atom. The molecule has 9 heteroatoms. The summed E-state index contributed by atoms with van der Waals surface area (Å²) in [5.74, 6) is -1.91. The SMILES string of the molecule is O=C(COC(=O)c1cc(S(=O)(=O)NCc2ccccc2)ccc1O)c1cccc(Br)c1. The van der Waals surface area contributed by atoms with E-state index < -0.39 is 34.1 Å². The number of aromatic hydroxyl groups is 1. The normalized spacial score (nSPS) is 11.1. The van der Waals surface area contributed by atoms with Crippen LogP contribution in [0.3, 0.4) is 0 Å². The molecule has 31 heavy (non-hydrogen) atoms. The van der Waals surface area contributed by atoms with E-state index in [-0.39, 0.29) is 17.0 Å². The number of Topliss-reactive ketones (excluding diaryl/α,β-unsaturated/α-hetero) is 1. The van der Waals surface area contributed by atoms with Gasteiger partial charge in [0.25, 0.3) is 0 Å². The largest absolute Gasteiger partial charge is 0.507 e. The Hall–Kier alpha value is -3.01. The molecule has 0 aliphatic carbocycles. The zero-order valence-corrected chi connectivity index (χ0v) is 18.5. The predicted molar refractivity (Wildman–Crippen MR) is 117 cm³/mol. The summed E-state index contributed by atoms with van der Waals surface area (Å²) in [6.07, 6.45) is 0. The van der Waals surface area contributed by atoms with E-state index in [1.54, 1.807) is 48.5 Å². The van der Waals surface area contributed by atoms with Crippen LogP contribution in [0.4, 0.5) is 0 Å². The summed E-state index contributed by atoms with van der Waals surface area (Å²) in [6, 6.07) is 18.8. The highest BCUT2D eigenvalue weighted by Gasteiger charge is 2.21. The average Bonchev–Trinajstić information content (AvgIpc) is 2.76. The van der Waals surface area contributed by atoms with Gasteiger partial charge >= 0.3 is 5.97 Å². The molecular formula is C22H18BrNO6S. The minimum atomic E-state index is -3.95. The number of hydrogen-bond acceptors (Lipinski definition) is 6. The molecule has 0 atom stereocenters. The van der Waals surface area contributed by atoms with Crippen molar-refractivity contribution in [3.05, 3.63) is 94.0 Å². The van der Waals surface area contributed by atoms with E-state index in [2.05, 4.69) is 20.7 Å². The summed E-state index contributed by atoms with van der Waals surface area (Å²) in [6.45, 7) is -0.497. The van der Waals surface area contributed by atoms with Crippen LogP contribution in [0.2, 0.25) is 0 Å². The van der Waals surface area contributed by atoms with Crippen molar-refractivity contribution in [3.63, 3.8) is 0 Å². The van der Waals surface area contributed by atoms with Crippen molar-refractivity contribution in [2.75, 3.05) is 6.61 Å². The minimum Gasteiger partial charge on any atom is -0.507 e. The van der Waals surface area contributed by atoms with Crippen LogP contribution in [-0.4, -0.2) is 31.9 Å². The molecule has 0 saturated heterocycles. The summed E-state index contributed by atoms with van der Waals surface area (Å²) in [5.41, 5.74) is 0.744. The smallest absolute Gasteiger partial charge is 0.342 e. The highest BCUT2D eigenvalue weighted by Crippen LogP contribution is 2.23. The number of ketones is 1. The fraction of sp³-hybridized carbons (Fsp3) is 0.0909. The third kappa shape index (κ3) is 6.00. The molecule has 0 radical (unpaired) electrons. The van der Waals surface area contributed by atoms with Crippen LogP contribution in [0.5, 0.6) is 5.75 Å². The minimum absolute atomic E-state index is 0.0605. The molecule has 3 aromatic rings. The lowest BCUT2D eigenvalue weighted by molar-refractivity contribution is 0.0471. The molecule has 0 fully saturated rings. The molecule has 0 heterocycles. The number of carbonyl (C=O) groups excluding carboxylic acids is 2. The quantitative estimate of drug-likeness (QED) is 0.358. The van der Waals surface area contributed by atoms with Crippen LogP contribution in [0, 0.1) is 0 Å². The molecule has 0 aromatic heterocycles.